The largest absolute Gasteiger partial charge is 0.498 e. The monoisotopic (exact) mass is 320 g/mol. The maximum Gasteiger partial charge on any atom is 0.498 e. The van der Waals surface area contributed by atoms with Gasteiger partial charge in [-0.1, -0.05) is 17.7 Å². The minimum Gasteiger partial charge on any atom is -0.399 e. The lowest BCUT2D eigenvalue weighted by atomic mass is 9.74. The molecule has 1 saturated heterocycles. The Bertz CT molecular complexity index is 554. The molecule has 1 fully saturated rings. The first kappa shape index (κ1) is 16.7. The van der Waals surface area contributed by atoms with E-state index in [4.69, 9.17) is 20.9 Å². The summed E-state index contributed by atoms with van der Waals surface area (Å²) in [6.07, 6.45) is 0. The maximum absolute atomic E-state index is 14.3. The van der Waals surface area contributed by atoms with E-state index in [1.807, 2.05) is 0 Å². The van der Waals surface area contributed by atoms with Crippen molar-refractivity contribution in [3.05, 3.63) is 28.5 Å². The molecule has 2 rings (SSSR count). The molecule has 7 heteroatoms. The van der Waals surface area contributed by atoms with Gasteiger partial charge in [-0.05, 0) is 33.8 Å². The summed E-state index contributed by atoms with van der Waals surface area (Å²) in [6, 6.07) is 2.21. The average Bonchev–Trinajstić information content (AvgIpc) is 2.49. The molecule has 1 aromatic rings. The van der Waals surface area contributed by atoms with Gasteiger partial charge >= 0.3 is 7.12 Å². The number of hydrogen-bond donors (Lipinski definition) is 0. The molecule has 0 atom stereocenters. The maximum atomic E-state index is 14.3. The Morgan fingerprint density at radius 3 is 2.00 bits per heavy atom. The van der Waals surface area contributed by atoms with E-state index in [0.29, 0.717) is 6.92 Å². The Hall–Kier alpha value is -0.715. The lowest BCUT2D eigenvalue weighted by Crippen LogP contribution is -2.41. The van der Waals surface area contributed by atoms with E-state index >= 15 is 0 Å². The number of alkyl halides is 2. The van der Waals surface area contributed by atoms with Crippen LogP contribution in [0.3, 0.4) is 0 Å². The summed E-state index contributed by atoms with van der Waals surface area (Å²) in [5, 5.41) is -0.243. The standard InChI is InChI=1S/C14H17BClF3O2/c1-12(2)13(3,4)21-15(20-12)10-8(14(5,18)19)6-7-9(16)11(10)17/h6-7H,1-5H3. The van der Waals surface area contributed by atoms with Gasteiger partial charge in [0.25, 0.3) is 5.92 Å². The van der Waals surface area contributed by atoms with Crippen LogP contribution in [0.4, 0.5) is 13.2 Å². The van der Waals surface area contributed by atoms with Gasteiger partial charge in [-0.25, -0.2) is 13.2 Å². The van der Waals surface area contributed by atoms with Crippen molar-refractivity contribution in [3.8, 4) is 0 Å². The second-order valence-electron chi connectivity index (χ2n) is 6.30. The summed E-state index contributed by atoms with van der Waals surface area (Å²) in [5.74, 6) is -4.17. The Labute approximate surface area is 127 Å². The van der Waals surface area contributed by atoms with E-state index in [1.54, 1.807) is 27.7 Å². The highest BCUT2D eigenvalue weighted by Gasteiger charge is 2.54. The zero-order chi connectivity index (χ0) is 16.2. The van der Waals surface area contributed by atoms with Gasteiger partial charge in [-0.3, -0.25) is 0 Å². The van der Waals surface area contributed by atoms with Crippen molar-refractivity contribution in [1.29, 1.82) is 0 Å². The number of hydrogen-bond acceptors (Lipinski definition) is 2. The second-order valence-corrected chi connectivity index (χ2v) is 6.71. The molecule has 1 aliphatic rings. The molecule has 0 amide bonds. The quantitative estimate of drug-likeness (QED) is 0.770. The minimum absolute atomic E-state index is 0.243. The number of benzene rings is 1. The Balaban J connectivity index is 2.57. The van der Waals surface area contributed by atoms with Crippen LogP contribution in [0.2, 0.25) is 5.02 Å². The first-order chi connectivity index (χ1) is 9.37. The molecule has 0 unspecified atom stereocenters. The molecule has 2 nitrogen and oxygen atoms in total. The number of halogens is 4. The van der Waals surface area contributed by atoms with Crippen LogP contribution in [-0.2, 0) is 15.2 Å². The van der Waals surface area contributed by atoms with Gasteiger partial charge in [0.15, 0.2) is 0 Å². The highest BCUT2D eigenvalue weighted by Crippen LogP contribution is 2.38. The molecular weight excluding hydrogens is 303 g/mol. The molecule has 1 aliphatic heterocycles. The van der Waals surface area contributed by atoms with E-state index < -0.39 is 35.6 Å². The van der Waals surface area contributed by atoms with Gasteiger partial charge < -0.3 is 9.31 Å². The number of rotatable bonds is 2. The van der Waals surface area contributed by atoms with Crippen molar-refractivity contribution in [2.75, 3.05) is 0 Å². The van der Waals surface area contributed by atoms with Crippen molar-refractivity contribution in [1.82, 2.24) is 0 Å². The van der Waals surface area contributed by atoms with Crippen LogP contribution in [-0.4, -0.2) is 18.3 Å². The Morgan fingerprint density at radius 1 is 1.10 bits per heavy atom. The first-order valence-electron chi connectivity index (χ1n) is 6.58. The summed E-state index contributed by atoms with van der Waals surface area (Å²) >= 11 is 5.73. The molecule has 0 saturated carbocycles. The van der Waals surface area contributed by atoms with Gasteiger partial charge in [0.2, 0.25) is 0 Å². The molecule has 1 aromatic carbocycles. The van der Waals surface area contributed by atoms with Crippen LogP contribution in [0.1, 0.15) is 40.2 Å². The molecule has 0 aromatic heterocycles. The molecule has 116 valence electrons. The third-order valence-corrected chi connectivity index (χ3v) is 4.39. The summed E-state index contributed by atoms with van der Waals surface area (Å²) in [6.45, 7) is 7.75. The summed E-state index contributed by atoms with van der Waals surface area (Å²) in [5.41, 5.74) is -2.34. The first-order valence-corrected chi connectivity index (χ1v) is 6.96. The van der Waals surface area contributed by atoms with Crippen LogP contribution in [0.25, 0.3) is 0 Å². The van der Waals surface area contributed by atoms with E-state index in [1.165, 1.54) is 0 Å². The molecule has 0 N–H and O–H groups in total. The van der Waals surface area contributed by atoms with Gasteiger partial charge in [0.1, 0.15) is 5.82 Å². The van der Waals surface area contributed by atoms with Crippen LogP contribution in [0.15, 0.2) is 12.1 Å². The second kappa shape index (κ2) is 4.90. The normalized spacial score (nSPS) is 20.9. The van der Waals surface area contributed by atoms with Gasteiger partial charge in [-0.15, -0.1) is 0 Å². The topological polar surface area (TPSA) is 18.5 Å². The van der Waals surface area contributed by atoms with Gasteiger partial charge in [-0.2, -0.15) is 0 Å². The van der Waals surface area contributed by atoms with Gasteiger partial charge in [0.05, 0.1) is 16.2 Å². The minimum atomic E-state index is -3.23. The smallest absolute Gasteiger partial charge is 0.399 e. The van der Waals surface area contributed by atoms with Crippen molar-refractivity contribution < 1.29 is 22.5 Å². The summed E-state index contributed by atoms with van der Waals surface area (Å²) < 4.78 is 53.1. The zero-order valence-corrected chi connectivity index (χ0v) is 13.3. The van der Waals surface area contributed by atoms with E-state index in [-0.39, 0.29) is 10.5 Å². The summed E-state index contributed by atoms with van der Waals surface area (Å²) in [7, 11) is -1.23. The predicted molar refractivity (Wildman–Crippen MR) is 76.7 cm³/mol. The fourth-order valence-corrected chi connectivity index (χ4v) is 2.31. The fraction of sp³-hybridized carbons (Fsp3) is 0.571. The SMILES string of the molecule is CC(F)(F)c1ccc(Cl)c(F)c1B1OC(C)(C)C(C)(C)O1. The molecule has 21 heavy (non-hydrogen) atoms. The van der Waals surface area contributed by atoms with Crippen molar-refractivity contribution in [3.63, 3.8) is 0 Å². The van der Waals surface area contributed by atoms with Crippen molar-refractivity contribution in [2.45, 2.75) is 51.7 Å². The lowest BCUT2D eigenvalue weighted by Gasteiger charge is -2.32. The van der Waals surface area contributed by atoms with E-state index in [2.05, 4.69) is 0 Å². The molecule has 0 bridgehead atoms. The molecule has 0 spiro atoms. The molecule has 0 radical (unpaired) electrons. The van der Waals surface area contributed by atoms with Crippen molar-refractivity contribution in [2.24, 2.45) is 0 Å². The Kier molecular flexibility index (Phi) is 3.88. The molecular formula is C14H17BClF3O2. The highest BCUT2D eigenvalue weighted by molar-refractivity contribution is 6.63. The van der Waals surface area contributed by atoms with Gasteiger partial charge in [0, 0.05) is 17.9 Å². The van der Waals surface area contributed by atoms with E-state index in [9.17, 15) is 13.2 Å². The van der Waals surface area contributed by atoms with Crippen LogP contribution in [0.5, 0.6) is 0 Å². The zero-order valence-electron chi connectivity index (χ0n) is 12.6. The predicted octanol–water partition coefficient (Wildman–Crippen LogP) is 3.89. The van der Waals surface area contributed by atoms with Crippen LogP contribution in [0, 0.1) is 5.82 Å². The highest BCUT2D eigenvalue weighted by atomic mass is 35.5. The lowest BCUT2D eigenvalue weighted by molar-refractivity contribution is 0.00578. The average molecular weight is 321 g/mol. The summed E-state index contributed by atoms with van der Waals surface area (Å²) in [4.78, 5) is 0. The van der Waals surface area contributed by atoms with E-state index in [0.717, 1.165) is 12.1 Å². The molecule has 0 aliphatic carbocycles. The third kappa shape index (κ3) is 2.81. The fourth-order valence-electron chi connectivity index (χ4n) is 2.14. The Morgan fingerprint density at radius 2 is 1.57 bits per heavy atom. The van der Waals surface area contributed by atoms with Crippen LogP contribution < -0.4 is 5.46 Å². The van der Waals surface area contributed by atoms with Crippen LogP contribution >= 0.6 is 11.6 Å². The molecule has 1 heterocycles. The third-order valence-electron chi connectivity index (χ3n) is 4.09. The van der Waals surface area contributed by atoms with Crippen molar-refractivity contribution >= 4 is 24.2 Å².